The highest BCUT2D eigenvalue weighted by Gasteiger charge is 2.34. The van der Waals surface area contributed by atoms with Gasteiger partial charge in [-0.3, -0.25) is 4.79 Å². The Bertz CT molecular complexity index is 1660. The van der Waals surface area contributed by atoms with Crippen LogP contribution in [0.15, 0.2) is 48.6 Å². The molecule has 45 heavy (non-hydrogen) atoms. The van der Waals surface area contributed by atoms with Crippen molar-refractivity contribution in [1.29, 1.82) is 5.26 Å². The summed E-state index contributed by atoms with van der Waals surface area (Å²) in [6.45, 7) is 6.36. The molecule has 0 saturated carbocycles. The minimum Gasteiger partial charge on any atom is -0.478 e. The summed E-state index contributed by atoms with van der Waals surface area (Å²) in [7, 11) is 2.12. The second kappa shape index (κ2) is 13.1. The van der Waals surface area contributed by atoms with E-state index >= 15 is 0 Å². The molecule has 2 aromatic carbocycles. The molecule has 3 aromatic rings. The first kappa shape index (κ1) is 30.3. The smallest absolute Gasteiger partial charge is 0.328 e. The van der Waals surface area contributed by atoms with Crippen LogP contribution in [0.1, 0.15) is 36.1 Å². The van der Waals surface area contributed by atoms with Gasteiger partial charge in [-0.15, -0.1) is 0 Å². The second-order valence-electron chi connectivity index (χ2n) is 12.1. The lowest BCUT2D eigenvalue weighted by atomic mass is 9.99. The number of carbonyl (C=O) groups is 2. The molecule has 0 unspecified atom stereocenters. The molecule has 1 amide bonds. The number of aromatic nitrogens is 2. The van der Waals surface area contributed by atoms with Crippen molar-refractivity contribution in [3.8, 4) is 12.1 Å². The number of aliphatic carboxylic acids is 1. The molecule has 0 spiro atoms. The van der Waals surface area contributed by atoms with Crippen molar-refractivity contribution < 1.29 is 19.4 Å². The van der Waals surface area contributed by atoms with Crippen molar-refractivity contribution in [2.24, 2.45) is 0 Å². The van der Waals surface area contributed by atoms with Gasteiger partial charge in [0, 0.05) is 61.0 Å². The maximum Gasteiger partial charge on any atom is 0.328 e. The number of carboxylic acids is 1. The zero-order valence-electron chi connectivity index (χ0n) is 25.9. The minimum absolute atomic E-state index is 0.127. The predicted molar refractivity (Wildman–Crippen MR) is 171 cm³/mol. The fraction of sp³-hybridized carbons (Fsp3) is 0.441. The van der Waals surface area contributed by atoms with Crippen LogP contribution in [-0.2, 0) is 22.6 Å². The Balaban J connectivity index is 1.32. The molecule has 3 aliphatic rings. The Kier molecular flexibility index (Phi) is 8.85. The van der Waals surface area contributed by atoms with Gasteiger partial charge in [0.05, 0.1) is 30.8 Å². The summed E-state index contributed by atoms with van der Waals surface area (Å²) in [5.41, 5.74) is 4.40. The number of nitrogens with zero attached hydrogens (tertiary/aromatic N) is 7. The molecule has 11 nitrogen and oxygen atoms in total. The highest BCUT2D eigenvalue weighted by molar-refractivity contribution is 5.97. The molecule has 2 atom stereocenters. The summed E-state index contributed by atoms with van der Waals surface area (Å²) in [5.74, 6) is -0.803. The van der Waals surface area contributed by atoms with E-state index in [1.54, 1.807) is 4.90 Å². The van der Waals surface area contributed by atoms with Gasteiger partial charge in [0.15, 0.2) is 0 Å². The van der Waals surface area contributed by atoms with E-state index in [0.717, 1.165) is 61.6 Å². The van der Waals surface area contributed by atoms with Crippen LogP contribution in [-0.4, -0.2) is 95.2 Å². The Morgan fingerprint density at radius 2 is 1.89 bits per heavy atom. The number of benzene rings is 2. The quantitative estimate of drug-likeness (QED) is 0.379. The van der Waals surface area contributed by atoms with Gasteiger partial charge in [-0.1, -0.05) is 30.3 Å². The normalized spacial score (nSPS) is 20.4. The van der Waals surface area contributed by atoms with E-state index in [1.807, 2.05) is 0 Å². The van der Waals surface area contributed by atoms with Gasteiger partial charge in [0.1, 0.15) is 12.4 Å². The standard InChI is InChI=1S/C34H39N7O4/c1-23-6-3-7-24-8-4-10-29(32(23)24)39-17-14-27-28(21-39)36-34(45-22-26-9-5-16-38(26)2)37-33(27)40-18-19-41(25(20-40)13-15-35)30(42)11-12-31(43)44/h3-4,6-8,10-12,25-26H,5,9,13-14,16-22H2,1-2H3,(H,43,44)/t25-,26-/m0/s1. The fourth-order valence-corrected chi connectivity index (χ4v) is 6.91. The number of amides is 1. The zero-order chi connectivity index (χ0) is 31.5. The Labute approximate surface area is 263 Å². The number of hydrogen-bond acceptors (Lipinski definition) is 9. The number of piperazine rings is 1. The van der Waals surface area contributed by atoms with Gasteiger partial charge >= 0.3 is 12.0 Å². The van der Waals surface area contributed by atoms with Gasteiger partial charge in [0.25, 0.3) is 0 Å². The summed E-state index contributed by atoms with van der Waals surface area (Å²) in [6, 6.07) is 15.3. The second-order valence-corrected chi connectivity index (χ2v) is 12.1. The average molecular weight is 610 g/mol. The van der Waals surface area contributed by atoms with Crippen LogP contribution in [0.4, 0.5) is 11.5 Å². The third-order valence-electron chi connectivity index (χ3n) is 9.29. The Morgan fingerprint density at radius 1 is 1.07 bits per heavy atom. The maximum absolute atomic E-state index is 12.8. The third kappa shape index (κ3) is 6.42. The molecule has 2 fully saturated rings. The van der Waals surface area contributed by atoms with Crippen LogP contribution in [0.3, 0.4) is 0 Å². The predicted octanol–water partition coefficient (Wildman–Crippen LogP) is 3.55. The van der Waals surface area contributed by atoms with E-state index in [2.05, 4.69) is 71.1 Å². The number of aryl methyl sites for hydroxylation is 1. The molecule has 1 aromatic heterocycles. The molecule has 4 heterocycles. The average Bonchev–Trinajstić information content (AvgIpc) is 3.46. The topological polar surface area (TPSA) is 126 Å². The number of likely N-dealkylation sites (N-methyl/N-ethyl adjacent to an activating group) is 1. The zero-order valence-corrected chi connectivity index (χ0v) is 25.9. The van der Waals surface area contributed by atoms with Gasteiger partial charge in [-0.25, -0.2) is 4.79 Å². The van der Waals surface area contributed by atoms with E-state index in [0.29, 0.717) is 44.8 Å². The number of carbonyl (C=O) groups excluding carboxylic acids is 1. The van der Waals surface area contributed by atoms with Gasteiger partial charge in [-0.2, -0.15) is 15.2 Å². The van der Waals surface area contributed by atoms with Crippen LogP contribution < -0.4 is 14.5 Å². The lowest BCUT2D eigenvalue weighted by molar-refractivity contribution is -0.133. The molecule has 6 rings (SSSR count). The third-order valence-corrected chi connectivity index (χ3v) is 9.29. The lowest BCUT2D eigenvalue weighted by Gasteiger charge is -2.42. The number of fused-ring (bicyclic) bond motifs is 2. The summed E-state index contributed by atoms with van der Waals surface area (Å²) in [5, 5.41) is 21.0. The van der Waals surface area contributed by atoms with Gasteiger partial charge in [0.2, 0.25) is 5.91 Å². The molecule has 0 radical (unpaired) electrons. The van der Waals surface area contributed by atoms with E-state index in [1.165, 1.54) is 22.0 Å². The lowest BCUT2D eigenvalue weighted by Crippen LogP contribution is -2.55. The van der Waals surface area contributed by atoms with Crippen LogP contribution in [0.5, 0.6) is 6.01 Å². The number of hydrogen-bond donors (Lipinski definition) is 1. The first-order chi connectivity index (χ1) is 21.8. The van der Waals surface area contributed by atoms with Crippen LogP contribution in [0, 0.1) is 18.3 Å². The number of carboxylic acid groups (broad SMARTS) is 1. The van der Waals surface area contributed by atoms with Crippen LogP contribution in [0.2, 0.25) is 0 Å². The van der Waals surface area contributed by atoms with Gasteiger partial charge < -0.3 is 29.4 Å². The van der Waals surface area contributed by atoms with E-state index < -0.39 is 17.9 Å². The molecule has 234 valence electrons. The van der Waals surface area contributed by atoms with Crippen molar-refractivity contribution >= 4 is 34.2 Å². The Hall–Kier alpha value is -4.69. The van der Waals surface area contributed by atoms with E-state index in [4.69, 9.17) is 19.8 Å². The summed E-state index contributed by atoms with van der Waals surface area (Å²) in [6.07, 6.45) is 4.98. The fourth-order valence-electron chi connectivity index (χ4n) is 6.91. The number of rotatable bonds is 8. The first-order valence-corrected chi connectivity index (χ1v) is 15.6. The number of anilines is 2. The Morgan fingerprint density at radius 3 is 2.64 bits per heavy atom. The monoisotopic (exact) mass is 609 g/mol. The SMILES string of the molecule is Cc1cccc2cccc(N3CCc4c(nc(OC[C@@H]5CCCN5C)nc4N4CCN(C(=O)C=CC(=O)O)[C@@H](CC#N)C4)C3)c12. The largest absolute Gasteiger partial charge is 0.478 e. The highest BCUT2D eigenvalue weighted by Crippen LogP contribution is 2.36. The molecule has 11 heteroatoms. The van der Waals surface area contributed by atoms with E-state index in [-0.39, 0.29) is 6.42 Å². The number of ether oxygens (including phenoxy) is 1. The van der Waals surface area contributed by atoms with Crippen molar-refractivity contribution in [2.75, 3.05) is 56.2 Å². The molecule has 3 aliphatic heterocycles. The van der Waals surface area contributed by atoms with Crippen LogP contribution >= 0.6 is 0 Å². The van der Waals surface area contributed by atoms with Crippen molar-refractivity contribution in [2.45, 2.75) is 51.2 Å². The van der Waals surface area contributed by atoms with Crippen LogP contribution in [0.25, 0.3) is 10.8 Å². The van der Waals surface area contributed by atoms with E-state index in [9.17, 15) is 14.9 Å². The maximum atomic E-state index is 12.8. The van der Waals surface area contributed by atoms with Gasteiger partial charge in [-0.05, 0) is 56.8 Å². The number of likely N-dealkylation sites (tertiary alicyclic amines) is 1. The highest BCUT2D eigenvalue weighted by atomic mass is 16.5. The molecular formula is C34H39N7O4. The summed E-state index contributed by atoms with van der Waals surface area (Å²) < 4.78 is 6.29. The van der Waals surface area contributed by atoms with Crippen molar-refractivity contribution in [1.82, 2.24) is 19.8 Å². The van der Waals surface area contributed by atoms with Crippen molar-refractivity contribution in [3.05, 3.63) is 65.4 Å². The molecular weight excluding hydrogens is 570 g/mol. The molecule has 2 saturated heterocycles. The first-order valence-electron chi connectivity index (χ1n) is 15.6. The minimum atomic E-state index is -1.18. The number of nitriles is 1. The summed E-state index contributed by atoms with van der Waals surface area (Å²) >= 11 is 0. The van der Waals surface area contributed by atoms with Crippen molar-refractivity contribution in [3.63, 3.8) is 0 Å². The molecule has 0 bridgehead atoms. The summed E-state index contributed by atoms with van der Waals surface area (Å²) in [4.78, 5) is 42.2. The molecule has 1 N–H and O–H groups in total. The molecule has 0 aliphatic carbocycles.